The van der Waals surface area contributed by atoms with E-state index in [2.05, 4.69) is 20.9 Å². The van der Waals surface area contributed by atoms with Crippen LogP contribution in [0.2, 0.25) is 0 Å². The average molecular weight is 419 g/mol. The molecule has 31 heavy (non-hydrogen) atoms. The average Bonchev–Trinajstić information content (AvgIpc) is 3.38. The molecule has 4 rings (SSSR count). The number of urea groups is 1. The van der Waals surface area contributed by atoms with Crippen molar-refractivity contribution in [2.24, 2.45) is 0 Å². The molecule has 158 valence electrons. The lowest BCUT2D eigenvalue weighted by Crippen LogP contribution is -2.48. The Kier molecular flexibility index (Phi) is 5.48. The maximum absolute atomic E-state index is 13.0. The number of nitrogens with zero attached hydrogens (tertiary/aromatic N) is 3. The van der Waals surface area contributed by atoms with E-state index in [4.69, 9.17) is 4.52 Å². The summed E-state index contributed by atoms with van der Waals surface area (Å²) < 4.78 is 5.19. The van der Waals surface area contributed by atoms with Gasteiger partial charge in [-0.25, -0.2) is 4.79 Å². The summed E-state index contributed by atoms with van der Waals surface area (Å²) in [5.41, 5.74) is 2.65. The van der Waals surface area contributed by atoms with E-state index in [9.17, 15) is 14.4 Å². The van der Waals surface area contributed by atoms with E-state index in [1.807, 2.05) is 36.4 Å². The summed E-state index contributed by atoms with van der Waals surface area (Å²) in [6.45, 7) is 1.80. The number of amides is 4. The number of rotatable bonds is 7. The van der Waals surface area contributed by atoms with Crippen molar-refractivity contribution in [1.82, 2.24) is 25.9 Å². The van der Waals surface area contributed by atoms with Crippen LogP contribution in [-0.2, 0) is 21.5 Å². The summed E-state index contributed by atoms with van der Waals surface area (Å²) in [5, 5.41) is 7.36. The third-order valence-electron chi connectivity index (χ3n) is 5.19. The zero-order chi connectivity index (χ0) is 21.8. The maximum Gasteiger partial charge on any atom is 0.344 e. The third-order valence-corrected chi connectivity index (χ3v) is 5.19. The molecule has 2 N–H and O–H groups in total. The fourth-order valence-corrected chi connectivity index (χ4v) is 3.50. The van der Waals surface area contributed by atoms with Gasteiger partial charge in [0.25, 0.3) is 5.91 Å². The van der Waals surface area contributed by atoms with Crippen LogP contribution in [0.15, 0.2) is 65.2 Å². The van der Waals surface area contributed by atoms with Crippen molar-refractivity contribution < 1.29 is 18.9 Å². The normalized spacial score (nSPS) is 18.2. The van der Waals surface area contributed by atoms with Crippen molar-refractivity contribution in [3.8, 4) is 11.4 Å². The molecule has 1 fully saturated rings. The van der Waals surface area contributed by atoms with Gasteiger partial charge in [-0.15, -0.1) is 0 Å². The van der Waals surface area contributed by atoms with Crippen molar-refractivity contribution in [3.63, 3.8) is 0 Å². The van der Waals surface area contributed by atoms with E-state index in [0.717, 1.165) is 10.6 Å². The molecular weight excluding hydrogens is 398 g/mol. The molecule has 0 saturated carbocycles. The lowest BCUT2D eigenvalue weighted by molar-refractivity contribution is -0.139. The zero-order valence-corrected chi connectivity index (χ0v) is 16.9. The molecule has 1 atom stereocenters. The van der Waals surface area contributed by atoms with Crippen LogP contribution < -0.4 is 10.7 Å². The maximum atomic E-state index is 13.0. The molecule has 0 unspecified atom stereocenters. The molecule has 9 heteroatoms. The minimum atomic E-state index is -1.21. The van der Waals surface area contributed by atoms with Gasteiger partial charge in [-0.05, 0) is 12.0 Å². The van der Waals surface area contributed by atoms with Crippen LogP contribution in [0.25, 0.3) is 11.4 Å². The number of hydrazine groups is 1. The van der Waals surface area contributed by atoms with E-state index in [0.29, 0.717) is 23.7 Å². The molecule has 1 aliphatic heterocycles. The van der Waals surface area contributed by atoms with E-state index in [1.165, 1.54) is 0 Å². The number of hydrogen-bond acceptors (Lipinski definition) is 6. The Hall–Kier alpha value is -4.01. The fraction of sp³-hybridized carbons (Fsp3) is 0.227. The molecule has 0 spiro atoms. The molecule has 1 aromatic heterocycles. The Balaban J connectivity index is 1.39. The Bertz CT molecular complexity index is 1100. The Morgan fingerprint density at radius 2 is 1.77 bits per heavy atom. The van der Waals surface area contributed by atoms with Gasteiger partial charge in [0.05, 0.1) is 0 Å². The van der Waals surface area contributed by atoms with Gasteiger partial charge in [-0.1, -0.05) is 72.7 Å². The predicted molar refractivity (Wildman–Crippen MR) is 110 cm³/mol. The quantitative estimate of drug-likeness (QED) is 0.569. The molecule has 0 bridgehead atoms. The van der Waals surface area contributed by atoms with Crippen LogP contribution in [0.5, 0.6) is 0 Å². The first kappa shape index (κ1) is 20.3. The Morgan fingerprint density at radius 3 is 2.45 bits per heavy atom. The summed E-state index contributed by atoms with van der Waals surface area (Å²) in [5.74, 6) is -0.314. The molecule has 1 saturated heterocycles. The molecule has 2 heterocycles. The number of aryl methyl sites for hydroxylation is 1. The Labute approximate surface area is 178 Å². The van der Waals surface area contributed by atoms with Gasteiger partial charge >= 0.3 is 6.03 Å². The topological polar surface area (TPSA) is 117 Å². The van der Waals surface area contributed by atoms with Crippen molar-refractivity contribution in [3.05, 3.63) is 72.1 Å². The van der Waals surface area contributed by atoms with Crippen LogP contribution >= 0.6 is 0 Å². The molecule has 3 aromatic rings. The summed E-state index contributed by atoms with van der Waals surface area (Å²) in [6, 6.07) is 17.6. The van der Waals surface area contributed by atoms with Gasteiger partial charge < -0.3 is 9.84 Å². The summed E-state index contributed by atoms with van der Waals surface area (Å²) in [4.78, 5) is 42.1. The van der Waals surface area contributed by atoms with Gasteiger partial charge in [0.1, 0.15) is 5.54 Å². The molecular formula is C22H21N5O4. The van der Waals surface area contributed by atoms with Crippen LogP contribution in [0.4, 0.5) is 4.79 Å². The standard InChI is InChI=1S/C22H21N5O4/c1-2-22(16-11-7-4-8-12-16)20(29)27(21(30)24-22)25-17(28)13-14-18-23-19(26-31-18)15-9-5-3-6-10-15/h3-12H,2,13-14H2,1H3,(H,24,30)(H,25,28)/t22-/m1/s1. The molecule has 4 amide bonds. The second-order valence-corrected chi connectivity index (χ2v) is 7.11. The van der Waals surface area contributed by atoms with Gasteiger partial charge in [0, 0.05) is 18.4 Å². The number of aromatic nitrogens is 2. The van der Waals surface area contributed by atoms with Crippen molar-refractivity contribution in [1.29, 1.82) is 0 Å². The first-order chi connectivity index (χ1) is 15.0. The summed E-state index contributed by atoms with van der Waals surface area (Å²) >= 11 is 0. The lowest BCUT2D eigenvalue weighted by atomic mass is 9.87. The molecule has 1 aliphatic rings. The highest BCUT2D eigenvalue weighted by atomic mass is 16.5. The van der Waals surface area contributed by atoms with E-state index < -0.39 is 23.4 Å². The van der Waals surface area contributed by atoms with Gasteiger partial charge in [0.15, 0.2) is 0 Å². The number of hydrogen-bond donors (Lipinski definition) is 2. The largest absolute Gasteiger partial charge is 0.344 e. The van der Waals surface area contributed by atoms with E-state index in [-0.39, 0.29) is 12.8 Å². The second-order valence-electron chi connectivity index (χ2n) is 7.11. The van der Waals surface area contributed by atoms with Crippen molar-refractivity contribution in [2.45, 2.75) is 31.7 Å². The number of carbonyl (C=O) groups excluding carboxylic acids is 3. The summed E-state index contributed by atoms with van der Waals surface area (Å²) in [6.07, 6.45) is 0.489. The zero-order valence-electron chi connectivity index (χ0n) is 16.9. The number of imide groups is 1. The van der Waals surface area contributed by atoms with Crippen molar-refractivity contribution in [2.75, 3.05) is 0 Å². The lowest BCUT2D eigenvalue weighted by Gasteiger charge is -2.25. The monoisotopic (exact) mass is 419 g/mol. The SMILES string of the molecule is CC[C@]1(c2ccccc2)NC(=O)N(NC(=O)CCc2nc(-c3ccccc3)no2)C1=O. The highest BCUT2D eigenvalue weighted by Crippen LogP contribution is 2.31. The van der Waals surface area contributed by atoms with E-state index in [1.54, 1.807) is 31.2 Å². The van der Waals surface area contributed by atoms with Gasteiger partial charge in [-0.2, -0.15) is 9.99 Å². The van der Waals surface area contributed by atoms with E-state index >= 15 is 0 Å². The highest BCUT2D eigenvalue weighted by molar-refractivity contribution is 6.08. The number of nitrogens with one attached hydrogen (secondary N) is 2. The van der Waals surface area contributed by atoms with Gasteiger partial charge in [0.2, 0.25) is 17.6 Å². The first-order valence-corrected chi connectivity index (χ1v) is 9.93. The third kappa shape index (κ3) is 3.89. The minimum absolute atomic E-state index is 0.0298. The van der Waals surface area contributed by atoms with Crippen molar-refractivity contribution >= 4 is 17.8 Å². The van der Waals surface area contributed by atoms with Crippen LogP contribution in [0.1, 0.15) is 31.2 Å². The Morgan fingerprint density at radius 1 is 1.10 bits per heavy atom. The minimum Gasteiger partial charge on any atom is -0.339 e. The highest BCUT2D eigenvalue weighted by Gasteiger charge is 2.52. The molecule has 0 aliphatic carbocycles. The summed E-state index contributed by atoms with van der Waals surface area (Å²) in [7, 11) is 0. The smallest absolute Gasteiger partial charge is 0.339 e. The molecule has 9 nitrogen and oxygen atoms in total. The van der Waals surface area contributed by atoms with Gasteiger partial charge in [-0.3, -0.25) is 15.0 Å². The fourth-order valence-electron chi connectivity index (χ4n) is 3.50. The van der Waals surface area contributed by atoms with Crippen LogP contribution in [0.3, 0.4) is 0 Å². The predicted octanol–water partition coefficient (Wildman–Crippen LogP) is 2.56. The number of benzene rings is 2. The second kappa shape index (κ2) is 8.39. The van der Waals surface area contributed by atoms with Crippen LogP contribution in [0, 0.1) is 0 Å². The first-order valence-electron chi connectivity index (χ1n) is 9.93. The van der Waals surface area contributed by atoms with Crippen LogP contribution in [-0.4, -0.2) is 33.0 Å². The number of carbonyl (C=O) groups is 3. The molecule has 0 radical (unpaired) electrons. The molecule has 2 aromatic carbocycles.